The fourth-order valence-corrected chi connectivity index (χ4v) is 4.56. The summed E-state index contributed by atoms with van der Waals surface area (Å²) in [7, 11) is 1.65. The second-order valence-corrected chi connectivity index (χ2v) is 8.47. The quantitative estimate of drug-likeness (QED) is 0.417. The van der Waals surface area contributed by atoms with Crippen LogP contribution in [0.25, 0.3) is 10.9 Å². The molecule has 0 aliphatic heterocycles. The van der Waals surface area contributed by atoms with Gasteiger partial charge in [-0.1, -0.05) is 53.4 Å². The molecule has 2 heterocycles. The van der Waals surface area contributed by atoms with Gasteiger partial charge in [-0.3, -0.25) is 4.79 Å². The summed E-state index contributed by atoms with van der Waals surface area (Å²) in [6.07, 6.45) is 2.03. The van der Waals surface area contributed by atoms with Gasteiger partial charge in [0.2, 0.25) is 5.91 Å². The molecule has 0 aliphatic rings. The standard InChI is InChI=1S/C21H20N4O2S2/c1-27-15-8-6-14(7-9-15)17(18-11-22-19-5-3-2-4-16(18)19)10-23-20(26)12-28-21-25-24-13-29-21/h2-9,11,13,17,22H,10,12H2,1H3,(H,23,26). The third-order valence-corrected chi connectivity index (χ3v) is 6.55. The van der Waals surface area contributed by atoms with E-state index in [1.54, 1.807) is 12.6 Å². The summed E-state index contributed by atoms with van der Waals surface area (Å²) in [5.74, 6) is 1.12. The molecule has 0 radical (unpaired) electrons. The van der Waals surface area contributed by atoms with E-state index < -0.39 is 0 Å². The highest BCUT2D eigenvalue weighted by Crippen LogP contribution is 2.31. The van der Waals surface area contributed by atoms with E-state index in [9.17, 15) is 4.79 Å². The number of methoxy groups -OCH3 is 1. The Labute approximate surface area is 176 Å². The number of rotatable bonds is 8. The van der Waals surface area contributed by atoms with Crippen molar-refractivity contribution in [1.82, 2.24) is 20.5 Å². The van der Waals surface area contributed by atoms with Crippen molar-refractivity contribution in [2.45, 2.75) is 10.3 Å². The highest BCUT2D eigenvalue weighted by atomic mass is 32.2. The number of hydrogen-bond acceptors (Lipinski definition) is 6. The van der Waals surface area contributed by atoms with Crippen LogP contribution in [0, 0.1) is 0 Å². The fourth-order valence-electron chi connectivity index (χ4n) is 3.25. The molecule has 0 saturated carbocycles. The zero-order chi connectivity index (χ0) is 20.1. The second-order valence-electron chi connectivity index (χ2n) is 6.41. The molecule has 2 N–H and O–H groups in total. The van der Waals surface area contributed by atoms with Gasteiger partial charge >= 0.3 is 0 Å². The van der Waals surface area contributed by atoms with Gasteiger partial charge in [0.25, 0.3) is 0 Å². The highest BCUT2D eigenvalue weighted by Gasteiger charge is 2.19. The molecule has 0 spiro atoms. The minimum absolute atomic E-state index is 0.0209. The summed E-state index contributed by atoms with van der Waals surface area (Å²) >= 11 is 2.83. The molecule has 0 aliphatic carbocycles. The highest BCUT2D eigenvalue weighted by molar-refractivity contribution is 8.01. The van der Waals surface area contributed by atoms with Gasteiger partial charge in [0.05, 0.1) is 12.9 Å². The van der Waals surface area contributed by atoms with Crippen LogP contribution in [0.5, 0.6) is 5.75 Å². The molecule has 0 bridgehead atoms. The number of thioether (sulfide) groups is 1. The van der Waals surface area contributed by atoms with Gasteiger partial charge < -0.3 is 15.0 Å². The molecule has 2 aromatic carbocycles. The van der Waals surface area contributed by atoms with E-state index in [0.717, 1.165) is 32.1 Å². The van der Waals surface area contributed by atoms with Crippen molar-refractivity contribution < 1.29 is 9.53 Å². The van der Waals surface area contributed by atoms with Crippen molar-refractivity contribution in [3.8, 4) is 5.75 Å². The first-order chi connectivity index (χ1) is 14.2. The lowest BCUT2D eigenvalue weighted by atomic mass is 9.91. The summed E-state index contributed by atoms with van der Waals surface area (Å²) in [6, 6.07) is 16.2. The first-order valence-electron chi connectivity index (χ1n) is 9.10. The van der Waals surface area contributed by atoms with Gasteiger partial charge in [-0.15, -0.1) is 10.2 Å². The normalized spacial score (nSPS) is 12.0. The third kappa shape index (κ3) is 4.60. The molecule has 148 valence electrons. The lowest BCUT2D eigenvalue weighted by molar-refractivity contribution is -0.118. The van der Waals surface area contributed by atoms with Crippen LogP contribution in [0.3, 0.4) is 0 Å². The summed E-state index contributed by atoms with van der Waals surface area (Å²) in [6.45, 7) is 0.504. The molecule has 4 aromatic rings. The molecule has 0 fully saturated rings. The Hall–Kier alpha value is -2.84. The van der Waals surface area contributed by atoms with E-state index >= 15 is 0 Å². The van der Waals surface area contributed by atoms with Crippen LogP contribution in [0.1, 0.15) is 17.0 Å². The fraction of sp³-hybridized carbons (Fsp3) is 0.190. The van der Waals surface area contributed by atoms with E-state index in [4.69, 9.17) is 4.74 Å². The Kier molecular flexibility index (Phi) is 6.12. The number of nitrogens with one attached hydrogen (secondary N) is 2. The number of H-pyrrole nitrogens is 1. The number of hydrogen-bond donors (Lipinski definition) is 2. The number of aromatic nitrogens is 3. The molecular weight excluding hydrogens is 404 g/mol. The van der Waals surface area contributed by atoms with E-state index in [0.29, 0.717) is 12.3 Å². The number of nitrogens with zero attached hydrogens (tertiary/aromatic N) is 2. The molecule has 6 nitrogen and oxygen atoms in total. The minimum Gasteiger partial charge on any atom is -0.497 e. The lowest BCUT2D eigenvalue weighted by Gasteiger charge is -2.18. The molecule has 1 atom stereocenters. The summed E-state index contributed by atoms with van der Waals surface area (Å²) < 4.78 is 6.08. The van der Waals surface area contributed by atoms with E-state index in [1.165, 1.54) is 23.1 Å². The number of carbonyl (C=O) groups excluding carboxylic acids is 1. The predicted octanol–water partition coefficient (Wildman–Crippen LogP) is 4.07. The van der Waals surface area contributed by atoms with Crippen molar-refractivity contribution in [2.75, 3.05) is 19.4 Å². The zero-order valence-corrected chi connectivity index (χ0v) is 17.4. The van der Waals surface area contributed by atoms with E-state index in [1.807, 2.05) is 42.6 Å². The van der Waals surface area contributed by atoms with Crippen LogP contribution in [-0.4, -0.2) is 40.5 Å². The maximum Gasteiger partial charge on any atom is 0.230 e. The van der Waals surface area contributed by atoms with Crippen molar-refractivity contribution in [3.63, 3.8) is 0 Å². The van der Waals surface area contributed by atoms with Crippen LogP contribution >= 0.6 is 23.1 Å². The number of ether oxygens (including phenoxy) is 1. The van der Waals surface area contributed by atoms with E-state index in [2.05, 4.69) is 32.6 Å². The maximum atomic E-state index is 12.4. The van der Waals surface area contributed by atoms with Crippen LogP contribution in [0.15, 0.2) is 64.6 Å². The van der Waals surface area contributed by atoms with Crippen molar-refractivity contribution >= 4 is 39.9 Å². The van der Waals surface area contributed by atoms with Crippen LogP contribution in [0.4, 0.5) is 0 Å². The smallest absolute Gasteiger partial charge is 0.230 e. The molecule has 0 saturated heterocycles. The summed E-state index contributed by atoms with van der Waals surface area (Å²) in [5.41, 5.74) is 5.02. The molecule has 1 amide bonds. The van der Waals surface area contributed by atoms with Crippen LogP contribution in [0.2, 0.25) is 0 Å². The van der Waals surface area contributed by atoms with Gasteiger partial charge in [0.1, 0.15) is 11.3 Å². The average Bonchev–Trinajstić information content (AvgIpc) is 3.43. The molecule has 2 aromatic heterocycles. The first-order valence-corrected chi connectivity index (χ1v) is 11.0. The topological polar surface area (TPSA) is 79.9 Å². The molecule has 1 unspecified atom stereocenters. The number of para-hydroxylation sites is 1. The largest absolute Gasteiger partial charge is 0.497 e. The lowest BCUT2D eigenvalue weighted by Crippen LogP contribution is -2.30. The van der Waals surface area contributed by atoms with Gasteiger partial charge in [-0.25, -0.2) is 0 Å². The van der Waals surface area contributed by atoms with Gasteiger partial charge in [-0.05, 0) is 29.3 Å². The Morgan fingerprint density at radius 1 is 1.24 bits per heavy atom. The van der Waals surface area contributed by atoms with Crippen LogP contribution in [-0.2, 0) is 4.79 Å². The van der Waals surface area contributed by atoms with Crippen LogP contribution < -0.4 is 10.1 Å². The van der Waals surface area contributed by atoms with Crippen molar-refractivity contribution in [1.29, 1.82) is 0 Å². The van der Waals surface area contributed by atoms with Gasteiger partial charge in [-0.2, -0.15) is 0 Å². The summed E-state index contributed by atoms with van der Waals surface area (Å²) in [4.78, 5) is 15.7. The number of benzene rings is 2. The van der Waals surface area contributed by atoms with Gasteiger partial charge in [0.15, 0.2) is 4.34 Å². The Bertz CT molecular complexity index is 1080. The third-order valence-electron chi connectivity index (χ3n) is 4.68. The number of amides is 1. The number of aromatic amines is 1. The summed E-state index contributed by atoms with van der Waals surface area (Å²) in [5, 5.41) is 12.0. The number of fused-ring (bicyclic) bond motifs is 1. The predicted molar refractivity (Wildman–Crippen MR) is 117 cm³/mol. The van der Waals surface area contributed by atoms with E-state index in [-0.39, 0.29) is 11.8 Å². The van der Waals surface area contributed by atoms with Crippen molar-refractivity contribution in [3.05, 3.63) is 71.4 Å². The Morgan fingerprint density at radius 2 is 2.07 bits per heavy atom. The SMILES string of the molecule is COc1ccc(C(CNC(=O)CSc2nncs2)c2c[nH]c3ccccc23)cc1. The molecule has 8 heteroatoms. The second kappa shape index (κ2) is 9.11. The minimum atomic E-state index is -0.0245. The number of carbonyl (C=O) groups is 1. The molecule has 4 rings (SSSR count). The average molecular weight is 425 g/mol. The Balaban J connectivity index is 1.54. The molecule has 29 heavy (non-hydrogen) atoms. The maximum absolute atomic E-state index is 12.4. The van der Waals surface area contributed by atoms with Crippen molar-refractivity contribution in [2.24, 2.45) is 0 Å². The Morgan fingerprint density at radius 3 is 2.83 bits per heavy atom. The monoisotopic (exact) mass is 424 g/mol. The zero-order valence-electron chi connectivity index (χ0n) is 15.8. The first kappa shape index (κ1) is 19.5. The van der Waals surface area contributed by atoms with Gasteiger partial charge in [0, 0.05) is 29.6 Å². The molecular formula is C21H20N4O2S2.